The van der Waals surface area contributed by atoms with E-state index in [1.54, 1.807) is 0 Å². The monoisotopic (exact) mass is 279 g/mol. The molecule has 19 heavy (non-hydrogen) atoms. The summed E-state index contributed by atoms with van der Waals surface area (Å²) in [6.07, 6.45) is 4.68. The van der Waals surface area contributed by atoms with Crippen molar-refractivity contribution >= 4 is 11.6 Å². The van der Waals surface area contributed by atoms with Crippen LogP contribution in [0.25, 0.3) is 0 Å². The van der Waals surface area contributed by atoms with Crippen LogP contribution in [-0.4, -0.2) is 19.2 Å². The van der Waals surface area contributed by atoms with E-state index in [-0.39, 0.29) is 5.41 Å². The third-order valence-corrected chi connectivity index (χ3v) is 4.16. The molecule has 1 N–H and O–H groups in total. The standard InChI is InChI=1S/C16H22ClNO/c1-16(2,10-18-14-3-4-14)9-12-8-13(17)7-11-5-6-19-15(11)12/h7-8,14,18H,3-6,9-10H2,1-2H3. The van der Waals surface area contributed by atoms with Crippen LogP contribution in [0.4, 0.5) is 0 Å². The van der Waals surface area contributed by atoms with Crippen molar-refractivity contribution in [3.05, 3.63) is 28.3 Å². The van der Waals surface area contributed by atoms with Gasteiger partial charge in [-0.25, -0.2) is 0 Å². The fourth-order valence-electron chi connectivity index (χ4n) is 2.76. The topological polar surface area (TPSA) is 21.3 Å². The predicted molar refractivity (Wildman–Crippen MR) is 79.2 cm³/mol. The summed E-state index contributed by atoms with van der Waals surface area (Å²) in [5, 5.41) is 4.46. The zero-order valence-corrected chi connectivity index (χ0v) is 12.5. The smallest absolute Gasteiger partial charge is 0.125 e. The minimum Gasteiger partial charge on any atom is -0.493 e. The van der Waals surface area contributed by atoms with E-state index in [1.165, 1.54) is 24.0 Å². The van der Waals surface area contributed by atoms with Gasteiger partial charge in [0, 0.05) is 24.0 Å². The van der Waals surface area contributed by atoms with Crippen LogP contribution in [0.1, 0.15) is 37.8 Å². The predicted octanol–water partition coefficient (Wildman–Crippen LogP) is 3.60. The van der Waals surface area contributed by atoms with Gasteiger partial charge in [0.05, 0.1) is 6.61 Å². The van der Waals surface area contributed by atoms with Gasteiger partial charge in [0.1, 0.15) is 5.75 Å². The molecule has 0 amide bonds. The zero-order chi connectivity index (χ0) is 13.5. The van der Waals surface area contributed by atoms with Crippen molar-refractivity contribution in [2.24, 2.45) is 5.41 Å². The van der Waals surface area contributed by atoms with E-state index < -0.39 is 0 Å². The van der Waals surface area contributed by atoms with Crippen molar-refractivity contribution < 1.29 is 4.74 Å². The maximum Gasteiger partial charge on any atom is 0.125 e. The summed E-state index contributed by atoms with van der Waals surface area (Å²) in [5.74, 6) is 1.09. The molecule has 0 aromatic heterocycles. The normalized spacial score (nSPS) is 18.3. The Balaban J connectivity index is 1.74. The summed E-state index contributed by atoms with van der Waals surface area (Å²) in [6, 6.07) is 4.88. The number of hydrogen-bond donors (Lipinski definition) is 1. The SMILES string of the molecule is CC(C)(CNC1CC1)Cc1cc(Cl)cc2c1OCC2. The lowest BCUT2D eigenvalue weighted by Gasteiger charge is -2.26. The van der Waals surface area contributed by atoms with Crippen LogP contribution in [0, 0.1) is 5.41 Å². The van der Waals surface area contributed by atoms with Crippen LogP contribution < -0.4 is 10.1 Å². The number of nitrogens with one attached hydrogen (secondary N) is 1. The minimum atomic E-state index is 0.229. The molecule has 1 aromatic carbocycles. The Morgan fingerprint density at radius 3 is 2.89 bits per heavy atom. The summed E-state index contributed by atoms with van der Waals surface area (Å²) >= 11 is 6.22. The van der Waals surface area contributed by atoms with E-state index in [4.69, 9.17) is 16.3 Å². The fraction of sp³-hybridized carbons (Fsp3) is 0.625. The highest BCUT2D eigenvalue weighted by Crippen LogP contribution is 2.36. The van der Waals surface area contributed by atoms with Crippen molar-refractivity contribution in [2.75, 3.05) is 13.2 Å². The maximum atomic E-state index is 6.22. The molecule has 2 nitrogen and oxygen atoms in total. The number of halogens is 1. The number of rotatable bonds is 5. The number of hydrogen-bond acceptors (Lipinski definition) is 2. The molecule has 0 unspecified atom stereocenters. The van der Waals surface area contributed by atoms with Crippen molar-refractivity contribution in [1.29, 1.82) is 0 Å². The number of benzene rings is 1. The molecular weight excluding hydrogens is 258 g/mol. The van der Waals surface area contributed by atoms with Crippen molar-refractivity contribution in [1.82, 2.24) is 5.32 Å². The van der Waals surface area contributed by atoms with E-state index in [0.29, 0.717) is 0 Å². The molecule has 104 valence electrons. The molecule has 1 aromatic rings. The van der Waals surface area contributed by atoms with Gasteiger partial charge in [0.25, 0.3) is 0 Å². The van der Waals surface area contributed by atoms with Gasteiger partial charge in [-0.15, -0.1) is 0 Å². The van der Waals surface area contributed by atoms with E-state index in [9.17, 15) is 0 Å². The molecule has 0 atom stereocenters. The fourth-order valence-corrected chi connectivity index (χ4v) is 3.03. The number of ether oxygens (including phenoxy) is 1. The molecule has 1 saturated carbocycles. The first-order chi connectivity index (χ1) is 9.03. The molecule has 0 spiro atoms. The molecule has 3 rings (SSSR count). The molecule has 1 fully saturated rings. The lowest BCUT2D eigenvalue weighted by molar-refractivity contribution is 0.320. The lowest BCUT2D eigenvalue weighted by Crippen LogP contribution is -2.32. The van der Waals surface area contributed by atoms with Crippen LogP contribution in [0.5, 0.6) is 5.75 Å². The summed E-state index contributed by atoms with van der Waals surface area (Å²) < 4.78 is 5.79. The second-order valence-corrected chi connectivity index (χ2v) is 7.08. The summed E-state index contributed by atoms with van der Waals surface area (Å²) in [7, 11) is 0. The van der Waals surface area contributed by atoms with Crippen LogP contribution in [0.3, 0.4) is 0 Å². The summed E-state index contributed by atoms with van der Waals surface area (Å²) in [4.78, 5) is 0. The molecule has 1 heterocycles. The largest absolute Gasteiger partial charge is 0.493 e. The zero-order valence-electron chi connectivity index (χ0n) is 11.8. The first kappa shape index (κ1) is 13.3. The van der Waals surface area contributed by atoms with Crippen LogP contribution in [0.15, 0.2) is 12.1 Å². The van der Waals surface area contributed by atoms with Gasteiger partial charge in [-0.1, -0.05) is 25.4 Å². The first-order valence-electron chi connectivity index (χ1n) is 7.21. The number of fused-ring (bicyclic) bond motifs is 1. The minimum absolute atomic E-state index is 0.229. The molecule has 0 bridgehead atoms. The van der Waals surface area contributed by atoms with Gasteiger partial charge in [0.15, 0.2) is 0 Å². The average Bonchev–Trinajstić information content (AvgIpc) is 3.04. The van der Waals surface area contributed by atoms with Gasteiger partial charge >= 0.3 is 0 Å². The van der Waals surface area contributed by atoms with Crippen molar-refractivity contribution in [3.63, 3.8) is 0 Å². The Morgan fingerprint density at radius 2 is 2.16 bits per heavy atom. The highest BCUT2D eigenvalue weighted by Gasteiger charge is 2.27. The Labute approximate surface area is 120 Å². The maximum absolute atomic E-state index is 6.22. The highest BCUT2D eigenvalue weighted by molar-refractivity contribution is 6.30. The molecular formula is C16H22ClNO. The second kappa shape index (κ2) is 4.99. The molecule has 3 heteroatoms. The van der Waals surface area contributed by atoms with Crippen LogP contribution >= 0.6 is 11.6 Å². The van der Waals surface area contributed by atoms with Crippen molar-refractivity contribution in [2.45, 2.75) is 45.6 Å². The molecule has 1 aliphatic carbocycles. The van der Waals surface area contributed by atoms with E-state index in [0.717, 1.165) is 42.8 Å². The molecule has 0 radical (unpaired) electrons. The van der Waals surface area contributed by atoms with Gasteiger partial charge in [-0.05, 0) is 47.9 Å². The Morgan fingerprint density at radius 1 is 1.37 bits per heavy atom. The lowest BCUT2D eigenvalue weighted by atomic mass is 9.84. The molecule has 1 aliphatic heterocycles. The molecule has 0 saturated heterocycles. The van der Waals surface area contributed by atoms with E-state index in [1.807, 2.05) is 6.07 Å². The summed E-state index contributed by atoms with van der Waals surface area (Å²) in [6.45, 7) is 6.47. The van der Waals surface area contributed by atoms with Crippen LogP contribution in [0.2, 0.25) is 5.02 Å². The van der Waals surface area contributed by atoms with Crippen LogP contribution in [-0.2, 0) is 12.8 Å². The van der Waals surface area contributed by atoms with Gasteiger partial charge in [-0.2, -0.15) is 0 Å². The molecule has 2 aliphatic rings. The van der Waals surface area contributed by atoms with E-state index in [2.05, 4.69) is 25.2 Å². The van der Waals surface area contributed by atoms with Gasteiger partial charge in [0.2, 0.25) is 0 Å². The van der Waals surface area contributed by atoms with Gasteiger partial charge < -0.3 is 10.1 Å². The van der Waals surface area contributed by atoms with Crippen molar-refractivity contribution in [3.8, 4) is 5.75 Å². The van der Waals surface area contributed by atoms with E-state index >= 15 is 0 Å². The third-order valence-electron chi connectivity index (χ3n) is 3.94. The Hall–Kier alpha value is -0.730. The Kier molecular flexibility index (Phi) is 3.48. The third kappa shape index (κ3) is 3.24. The summed E-state index contributed by atoms with van der Waals surface area (Å²) in [5.41, 5.74) is 2.77. The average molecular weight is 280 g/mol. The Bertz CT molecular complexity index is 480. The first-order valence-corrected chi connectivity index (χ1v) is 7.59. The quantitative estimate of drug-likeness (QED) is 0.889. The highest BCUT2D eigenvalue weighted by atomic mass is 35.5. The second-order valence-electron chi connectivity index (χ2n) is 6.65. The van der Waals surface area contributed by atoms with Gasteiger partial charge in [-0.3, -0.25) is 0 Å².